The van der Waals surface area contributed by atoms with E-state index < -0.39 is 11.7 Å². The van der Waals surface area contributed by atoms with Crippen LogP contribution in [0.3, 0.4) is 0 Å². The normalized spacial score (nSPS) is 11.8. The highest BCUT2D eigenvalue weighted by Crippen LogP contribution is 2.36. The van der Waals surface area contributed by atoms with Gasteiger partial charge in [0.15, 0.2) is 0 Å². The fourth-order valence-electron chi connectivity index (χ4n) is 3.08. The smallest absolute Gasteiger partial charge is 0.309 e. The van der Waals surface area contributed by atoms with Crippen LogP contribution in [-0.2, 0) is 6.18 Å². The van der Waals surface area contributed by atoms with E-state index in [2.05, 4.69) is 0 Å². The molecule has 4 rings (SSSR count). The second-order valence-corrected chi connectivity index (χ2v) is 5.98. The molecule has 1 heterocycles. The largest absolute Gasteiger partial charge is 0.416 e. The molecule has 1 aromatic heterocycles. The molecule has 0 unspecified atom stereocenters. The molecule has 1 nitrogen and oxygen atoms in total. The summed E-state index contributed by atoms with van der Waals surface area (Å²) in [6.45, 7) is 0. The Morgan fingerprint density at radius 3 is 2.08 bits per heavy atom. The summed E-state index contributed by atoms with van der Waals surface area (Å²) in [5, 5.41) is 0.475. The molecule has 0 N–H and O–H groups in total. The number of aromatic nitrogens is 1. The molecule has 0 saturated carbocycles. The first-order valence-corrected chi connectivity index (χ1v) is 7.97. The molecule has 0 aliphatic rings. The third kappa shape index (κ3) is 2.86. The lowest BCUT2D eigenvalue weighted by molar-refractivity contribution is -0.137. The Bertz CT molecular complexity index is 1060. The van der Waals surface area contributed by atoms with Crippen molar-refractivity contribution >= 4 is 10.9 Å². The Balaban J connectivity index is 2.01. The molecule has 0 fully saturated rings. The number of benzene rings is 3. The van der Waals surface area contributed by atoms with Crippen molar-refractivity contribution in [2.75, 3.05) is 0 Å². The summed E-state index contributed by atoms with van der Waals surface area (Å²) < 4.78 is 54.3. The van der Waals surface area contributed by atoms with Crippen molar-refractivity contribution in [2.24, 2.45) is 0 Å². The number of fused-ring (bicyclic) bond motifs is 1. The van der Waals surface area contributed by atoms with Crippen LogP contribution < -0.4 is 0 Å². The van der Waals surface area contributed by atoms with Crippen LogP contribution in [0.15, 0.2) is 78.9 Å². The van der Waals surface area contributed by atoms with Crippen molar-refractivity contribution in [1.82, 2.24) is 4.57 Å². The summed E-state index contributed by atoms with van der Waals surface area (Å²) in [6.07, 6.45) is -4.40. The average molecular weight is 355 g/mol. The highest BCUT2D eigenvalue weighted by Gasteiger charge is 2.31. The van der Waals surface area contributed by atoms with Crippen LogP contribution in [0, 0.1) is 5.82 Å². The first-order chi connectivity index (χ1) is 12.4. The number of alkyl halides is 3. The fraction of sp³-hybridized carbons (Fsp3) is 0.0476. The summed E-state index contributed by atoms with van der Waals surface area (Å²) in [7, 11) is 0. The lowest BCUT2D eigenvalue weighted by Gasteiger charge is -2.12. The lowest BCUT2D eigenvalue weighted by Crippen LogP contribution is -2.04. The zero-order valence-electron chi connectivity index (χ0n) is 13.5. The van der Waals surface area contributed by atoms with Crippen LogP contribution >= 0.6 is 0 Å². The van der Waals surface area contributed by atoms with Gasteiger partial charge in [0, 0.05) is 11.1 Å². The van der Waals surface area contributed by atoms with Crippen molar-refractivity contribution in [3.63, 3.8) is 0 Å². The summed E-state index contributed by atoms with van der Waals surface area (Å²) >= 11 is 0. The monoisotopic (exact) mass is 355 g/mol. The Morgan fingerprint density at radius 1 is 0.731 bits per heavy atom. The van der Waals surface area contributed by atoms with E-state index in [0.29, 0.717) is 16.6 Å². The van der Waals surface area contributed by atoms with Gasteiger partial charge < -0.3 is 4.57 Å². The van der Waals surface area contributed by atoms with E-state index in [1.54, 1.807) is 18.2 Å². The molecule has 0 aliphatic heterocycles. The van der Waals surface area contributed by atoms with E-state index in [9.17, 15) is 17.6 Å². The lowest BCUT2D eigenvalue weighted by atomic mass is 10.1. The number of hydrogen-bond acceptors (Lipinski definition) is 0. The summed E-state index contributed by atoms with van der Waals surface area (Å²) in [5.74, 6) is -0.370. The van der Waals surface area contributed by atoms with Crippen LogP contribution in [0.5, 0.6) is 0 Å². The van der Waals surface area contributed by atoms with E-state index in [0.717, 1.165) is 23.4 Å². The molecule has 3 aromatic carbocycles. The summed E-state index contributed by atoms with van der Waals surface area (Å²) in [4.78, 5) is 0. The molecule has 0 bridgehead atoms. The molecular weight excluding hydrogens is 342 g/mol. The molecular formula is C21H13F4N. The van der Waals surface area contributed by atoms with Crippen LogP contribution in [0.2, 0.25) is 0 Å². The van der Waals surface area contributed by atoms with Gasteiger partial charge in [-0.15, -0.1) is 0 Å². The van der Waals surface area contributed by atoms with Crippen molar-refractivity contribution in [1.29, 1.82) is 0 Å². The standard InChI is InChI=1S/C21H13F4N/c22-17-7-9-18(10-8-17)26-19-11-6-16(21(23,24)25)12-15(19)13-20(26)14-4-2-1-3-5-14/h1-13H. The van der Waals surface area contributed by atoms with Crippen LogP contribution in [0.25, 0.3) is 27.8 Å². The molecule has 4 aromatic rings. The Hall–Kier alpha value is -3.08. The highest BCUT2D eigenvalue weighted by atomic mass is 19.4. The SMILES string of the molecule is Fc1ccc(-n2c(-c3ccccc3)cc3cc(C(F)(F)F)ccc32)cc1. The Kier molecular flexibility index (Phi) is 3.80. The minimum absolute atomic E-state index is 0.370. The number of hydrogen-bond donors (Lipinski definition) is 0. The van der Waals surface area contributed by atoms with Gasteiger partial charge in [-0.05, 0) is 54.1 Å². The van der Waals surface area contributed by atoms with Crippen LogP contribution in [0.1, 0.15) is 5.56 Å². The van der Waals surface area contributed by atoms with Crippen molar-refractivity contribution in [2.45, 2.75) is 6.18 Å². The van der Waals surface area contributed by atoms with Gasteiger partial charge in [0.05, 0.1) is 16.8 Å². The van der Waals surface area contributed by atoms with Crippen molar-refractivity contribution in [3.05, 3.63) is 90.2 Å². The van der Waals surface area contributed by atoms with Crippen LogP contribution in [-0.4, -0.2) is 4.57 Å². The maximum Gasteiger partial charge on any atom is 0.416 e. The van der Waals surface area contributed by atoms with E-state index in [1.165, 1.54) is 18.2 Å². The third-order valence-corrected chi connectivity index (χ3v) is 4.28. The molecule has 0 aliphatic carbocycles. The third-order valence-electron chi connectivity index (χ3n) is 4.28. The maximum atomic E-state index is 13.3. The second-order valence-electron chi connectivity index (χ2n) is 5.98. The van der Waals surface area contributed by atoms with Gasteiger partial charge in [-0.1, -0.05) is 30.3 Å². The number of rotatable bonds is 2. The minimum atomic E-state index is -4.40. The summed E-state index contributed by atoms with van der Waals surface area (Å²) in [6, 6.07) is 20.6. The van der Waals surface area contributed by atoms with Crippen LogP contribution in [0.4, 0.5) is 17.6 Å². The first kappa shape index (κ1) is 16.4. The minimum Gasteiger partial charge on any atom is -0.309 e. The molecule has 0 saturated heterocycles. The van der Waals surface area contributed by atoms with Gasteiger partial charge in [0.1, 0.15) is 5.82 Å². The quantitative estimate of drug-likeness (QED) is 0.364. The van der Waals surface area contributed by atoms with E-state index in [4.69, 9.17) is 0 Å². The van der Waals surface area contributed by atoms with Gasteiger partial charge in [-0.3, -0.25) is 0 Å². The zero-order valence-corrected chi connectivity index (χ0v) is 13.5. The van der Waals surface area contributed by atoms with Gasteiger partial charge in [-0.25, -0.2) is 4.39 Å². The molecule has 0 atom stereocenters. The zero-order chi connectivity index (χ0) is 18.3. The van der Waals surface area contributed by atoms with Crippen molar-refractivity contribution < 1.29 is 17.6 Å². The molecule has 5 heteroatoms. The van der Waals surface area contributed by atoms with E-state index in [1.807, 2.05) is 34.9 Å². The molecule has 0 spiro atoms. The number of halogens is 4. The Labute approximate surface area is 147 Å². The topological polar surface area (TPSA) is 4.93 Å². The van der Waals surface area contributed by atoms with Gasteiger partial charge >= 0.3 is 6.18 Å². The maximum absolute atomic E-state index is 13.3. The Morgan fingerprint density at radius 2 is 1.42 bits per heavy atom. The molecule has 26 heavy (non-hydrogen) atoms. The highest BCUT2D eigenvalue weighted by molar-refractivity contribution is 5.89. The van der Waals surface area contributed by atoms with Gasteiger partial charge in [-0.2, -0.15) is 13.2 Å². The molecule has 130 valence electrons. The van der Waals surface area contributed by atoms with Gasteiger partial charge in [0.2, 0.25) is 0 Å². The van der Waals surface area contributed by atoms with Gasteiger partial charge in [0.25, 0.3) is 0 Å². The van der Waals surface area contributed by atoms with E-state index in [-0.39, 0.29) is 5.82 Å². The number of nitrogens with zero attached hydrogens (tertiary/aromatic N) is 1. The second kappa shape index (κ2) is 6.02. The predicted octanol–water partition coefficient (Wildman–Crippen LogP) is 6.46. The molecule has 0 radical (unpaired) electrons. The predicted molar refractivity (Wildman–Crippen MR) is 93.7 cm³/mol. The first-order valence-electron chi connectivity index (χ1n) is 7.97. The average Bonchev–Trinajstić information content (AvgIpc) is 3.01. The van der Waals surface area contributed by atoms with E-state index >= 15 is 0 Å². The molecule has 0 amide bonds. The summed E-state index contributed by atoms with van der Waals surface area (Å²) in [5.41, 5.74) is 2.22. The fourth-order valence-corrected chi connectivity index (χ4v) is 3.08. The van der Waals surface area contributed by atoms with Crippen molar-refractivity contribution in [3.8, 4) is 16.9 Å².